The van der Waals surface area contributed by atoms with Gasteiger partial charge in [-0.25, -0.2) is 8.78 Å². The highest BCUT2D eigenvalue weighted by Crippen LogP contribution is 2.36. The zero-order chi connectivity index (χ0) is 13.6. The van der Waals surface area contributed by atoms with Crippen LogP contribution in [0.2, 0.25) is 0 Å². The van der Waals surface area contributed by atoms with E-state index in [1.54, 1.807) is 0 Å². The molecule has 1 rings (SSSR count). The third kappa shape index (κ3) is 4.88. The van der Waals surface area contributed by atoms with E-state index >= 15 is 0 Å². The third-order valence-corrected chi connectivity index (χ3v) is 3.69. The van der Waals surface area contributed by atoms with Crippen LogP contribution >= 0.6 is 0 Å². The molecule has 3 nitrogen and oxygen atoms in total. The first-order valence-electron chi connectivity index (χ1n) is 6.75. The van der Waals surface area contributed by atoms with Crippen LogP contribution in [0, 0.1) is 11.8 Å². The highest BCUT2D eigenvalue weighted by atomic mass is 19.3. The van der Waals surface area contributed by atoms with Gasteiger partial charge in [-0.1, -0.05) is 13.3 Å². The number of rotatable bonds is 6. The fourth-order valence-corrected chi connectivity index (χ4v) is 2.42. The van der Waals surface area contributed by atoms with Gasteiger partial charge in [-0.15, -0.1) is 0 Å². The predicted octanol–water partition coefficient (Wildman–Crippen LogP) is 2.34. The van der Waals surface area contributed by atoms with E-state index in [0.717, 1.165) is 6.42 Å². The van der Waals surface area contributed by atoms with E-state index in [9.17, 15) is 13.6 Å². The third-order valence-electron chi connectivity index (χ3n) is 3.69. The quantitative estimate of drug-likeness (QED) is 0.772. The Labute approximate surface area is 107 Å². The number of hydrogen-bond acceptors (Lipinski definition) is 2. The van der Waals surface area contributed by atoms with Crippen LogP contribution in [0.1, 0.15) is 45.4 Å². The van der Waals surface area contributed by atoms with Crippen LogP contribution in [0.3, 0.4) is 0 Å². The average Bonchev–Trinajstić information content (AvgIpc) is 2.32. The van der Waals surface area contributed by atoms with Crippen molar-refractivity contribution in [2.75, 3.05) is 13.2 Å². The highest BCUT2D eigenvalue weighted by Gasteiger charge is 2.39. The van der Waals surface area contributed by atoms with Crippen LogP contribution in [0.25, 0.3) is 0 Å². The lowest BCUT2D eigenvalue weighted by Gasteiger charge is -2.28. The predicted molar refractivity (Wildman–Crippen MR) is 65.4 cm³/mol. The Balaban J connectivity index is 2.36. The summed E-state index contributed by atoms with van der Waals surface area (Å²) >= 11 is 0. The van der Waals surface area contributed by atoms with E-state index in [4.69, 9.17) is 5.11 Å². The second-order valence-corrected chi connectivity index (χ2v) is 5.18. The molecule has 1 saturated carbocycles. The topological polar surface area (TPSA) is 49.3 Å². The molecule has 106 valence electrons. The molecule has 2 atom stereocenters. The maximum atomic E-state index is 13.2. The van der Waals surface area contributed by atoms with Crippen LogP contribution in [0.15, 0.2) is 0 Å². The number of aliphatic hydroxyl groups is 1. The molecule has 5 heteroatoms. The second-order valence-electron chi connectivity index (χ2n) is 5.18. The fraction of sp³-hybridized carbons (Fsp3) is 0.923. The fourth-order valence-electron chi connectivity index (χ4n) is 2.42. The lowest BCUT2D eigenvalue weighted by Crippen LogP contribution is -2.39. The van der Waals surface area contributed by atoms with Gasteiger partial charge >= 0.3 is 0 Å². The summed E-state index contributed by atoms with van der Waals surface area (Å²) in [5.74, 6) is -3.27. The van der Waals surface area contributed by atoms with E-state index in [1.165, 1.54) is 0 Å². The first kappa shape index (κ1) is 15.3. The van der Waals surface area contributed by atoms with E-state index < -0.39 is 11.8 Å². The summed E-state index contributed by atoms with van der Waals surface area (Å²) in [5, 5.41) is 11.6. The van der Waals surface area contributed by atoms with Crippen molar-refractivity contribution >= 4 is 5.91 Å². The number of amides is 1. The maximum Gasteiger partial charge on any atom is 0.248 e. The van der Waals surface area contributed by atoms with Crippen LogP contribution in [-0.2, 0) is 4.79 Å². The van der Waals surface area contributed by atoms with Crippen molar-refractivity contribution in [3.05, 3.63) is 0 Å². The van der Waals surface area contributed by atoms with Gasteiger partial charge in [0, 0.05) is 31.9 Å². The van der Waals surface area contributed by atoms with Crippen LogP contribution < -0.4 is 5.32 Å². The summed E-state index contributed by atoms with van der Waals surface area (Å²) in [5.41, 5.74) is 0. The van der Waals surface area contributed by atoms with Crippen molar-refractivity contribution in [3.8, 4) is 0 Å². The highest BCUT2D eigenvalue weighted by molar-refractivity contribution is 5.78. The van der Waals surface area contributed by atoms with Crippen molar-refractivity contribution in [3.63, 3.8) is 0 Å². The van der Waals surface area contributed by atoms with Gasteiger partial charge < -0.3 is 10.4 Å². The van der Waals surface area contributed by atoms with Gasteiger partial charge in [-0.05, 0) is 25.2 Å². The molecule has 2 unspecified atom stereocenters. The molecule has 1 aliphatic carbocycles. The molecule has 0 radical (unpaired) electrons. The number of nitrogens with one attached hydrogen (secondary N) is 1. The number of halogens is 2. The Bertz CT molecular complexity index is 272. The molecular formula is C13H23F2NO2. The number of hydrogen-bond donors (Lipinski definition) is 2. The van der Waals surface area contributed by atoms with Crippen molar-refractivity contribution < 1.29 is 18.7 Å². The smallest absolute Gasteiger partial charge is 0.248 e. The molecule has 18 heavy (non-hydrogen) atoms. The lowest BCUT2D eigenvalue weighted by molar-refractivity contribution is -0.132. The molecule has 1 amide bonds. The average molecular weight is 263 g/mol. The molecule has 0 aromatic heterocycles. The molecule has 1 aliphatic rings. The van der Waals surface area contributed by atoms with E-state index in [2.05, 4.69) is 5.32 Å². The van der Waals surface area contributed by atoms with Gasteiger partial charge in [-0.2, -0.15) is 0 Å². The minimum Gasteiger partial charge on any atom is -0.396 e. The summed E-state index contributed by atoms with van der Waals surface area (Å²) < 4.78 is 26.4. The minimum absolute atomic E-state index is 0.0931. The zero-order valence-corrected chi connectivity index (χ0v) is 10.9. The van der Waals surface area contributed by atoms with E-state index in [1.807, 2.05) is 6.92 Å². The monoisotopic (exact) mass is 263 g/mol. The van der Waals surface area contributed by atoms with Crippen molar-refractivity contribution in [2.24, 2.45) is 11.8 Å². The number of carbonyl (C=O) groups is 1. The number of carbonyl (C=O) groups excluding carboxylic acids is 1. The van der Waals surface area contributed by atoms with Crippen molar-refractivity contribution in [1.82, 2.24) is 5.32 Å². The maximum absolute atomic E-state index is 13.2. The molecular weight excluding hydrogens is 240 g/mol. The Kier molecular flexibility index (Phi) is 5.99. The molecule has 0 aliphatic heterocycles. The van der Waals surface area contributed by atoms with Gasteiger partial charge in [0.05, 0.1) is 0 Å². The molecule has 2 N–H and O–H groups in total. The molecule has 0 aromatic carbocycles. The molecule has 1 fully saturated rings. The first-order valence-corrected chi connectivity index (χ1v) is 6.75. The summed E-state index contributed by atoms with van der Waals surface area (Å²) in [6.45, 7) is 2.55. The van der Waals surface area contributed by atoms with Gasteiger partial charge in [0.2, 0.25) is 11.8 Å². The Hall–Kier alpha value is -0.710. The first-order chi connectivity index (χ1) is 8.48. The van der Waals surface area contributed by atoms with Crippen LogP contribution in [0.4, 0.5) is 8.78 Å². The summed E-state index contributed by atoms with van der Waals surface area (Å²) in [6, 6.07) is 0. The molecule has 0 spiro atoms. The Morgan fingerprint density at radius 3 is 2.83 bits per heavy atom. The summed E-state index contributed by atoms with van der Waals surface area (Å²) in [6.07, 6.45) is 2.05. The van der Waals surface area contributed by atoms with Gasteiger partial charge in [0.15, 0.2) is 0 Å². The second kappa shape index (κ2) is 7.02. The largest absolute Gasteiger partial charge is 0.396 e. The van der Waals surface area contributed by atoms with Crippen molar-refractivity contribution in [1.29, 1.82) is 0 Å². The normalized spacial score (nSPS) is 24.6. The minimum atomic E-state index is -2.69. The molecule has 0 bridgehead atoms. The molecule has 0 aromatic rings. The van der Waals surface area contributed by atoms with E-state index in [0.29, 0.717) is 25.8 Å². The van der Waals surface area contributed by atoms with Gasteiger partial charge in [0.1, 0.15) is 0 Å². The lowest BCUT2D eigenvalue weighted by atomic mass is 9.86. The molecule has 0 saturated heterocycles. The van der Waals surface area contributed by atoms with E-state index in [-0.39, 0.29) is 31.3 Å². The Morgan fingerprint density at radius 2 is 2.28 bits per heavy atom. The standard InChI is InChI=1S/C13H23F2NO2/c1-2-10(5-7-17)9-16-12(18)11-4-3-6-13(14,15)8-11/h10-11,17H,2-9H2,1H3,(H,16,18). The van der Waals surface area contributed by atoms with Crippen LogP contribution in [0.5, 0.6) is 0 Å². The van der Waals surface area contributed by atoms with Gasteiger partial charge in [-0.3, -0.25) is 4.79 Å². The Morgan fingerprint density at radius 1 is 1.56 bits per heavy atom. The van der Waals surface area contributed by atoms with Crippen LogP contribution in [-0.4, -0.2) is 30.1 Å². The summed E-state index contributed by atoms with van der Waals surface area (Å²) in [7, 11) is 0. The zero-order valence-electron chi connectivity index (χ0n) is 10.9. The number of alkyl halides is 2. The molecule has 0 heterocycles. The van der Waals surface area contributed by atoms with Gasteiger partial charge in [0.25, 0.3) is 0 Å². The summed E-state index contributed by atoms with van der Waals surface area (Å²) in [4.78, 5) is 11.8. The van der Waals surface area contributed by atoms with Crippen molar-refractivity contribution in [2.45, 2.75) is 51.4 Å². The SMILES string of the molecule is CCC(CCO)CNC(=O)C1CCCC(F)(F)C1. The number of aliphatic hydroxyl groups excluding tert-OH is 1.